The third-order valence-corrected chi connectivity index (χ3v) is 3.38. The Labute approximate surface area is 106 Å². The van der Waals surface area contributed by atoms with Crippen molar-refractivity contribution in [3.63, 3.8) is 0 Å². The Morgan fingerprint density at radius 1 is 0.889 bits per heavy atom. The first-order valence-corrected chi connectivity index (χ1v) is 5.68. The second-order valence-electron chi connectivity index (χ2n) is 5.44. The van der Waals surface area contributed by atoms with Crippen molar-refractivity contribution in [1.82, 2.24) is 0 Å². The largest absolute Gasteiger partial charge is 0.481 e. The van der Waals surface area contributed by atoms with Crippen molar-refractivity contribution in [3.05, 3.63) is 35.4 Å². The van der Waals surface area contributed by atoms with Gasteiger partial charge in [0.2, 0.25) is 0 Å². The Morgan fingerprint density at radius 3 is 1.50 bits per heavy atom. The molecule has 0 radical (unpaired) electrons. The maximum absolute atomic E-state index is 11.2. The molecule has 0 aliphatic carbocycles. The quantitative estimate of drug-likeness (QED) is 0.860. The minimum atomic E-state index is -1.04. The van der Waals surface area contributed by atoms with E-state index < -0.39 is 22.8 Å². The Bertz CT molecular complexity index is 445. The van der Waals surface area contributed by atoms with E-state index in [9.17, 15) is 19.8 Å². The first-order valence-electron chi connectivity index (χ1n) is 5.68. The molecule has 0 heterocycles. The van der Waals surface area contributed by atoms with Crippen LogP contribution in [0.5, 0.6) is 0 Å². The minimum Gasteiger partial charge on any atom is -0.481 e. The Kier molecular flexibility index (Phi) is 3.51. The molecular formula is C14H18O4. The first-order chi connectivity index (χ1) is 8.10. The van der Waals surface area contributed by atoms with Crippen LogP contribution in [0.3, 0.4) is 0 Å². The molecule has 0 aromatic heterocycles. The van der Waals surface area contributed by atoms with Crippen molar-refractivity contribution >= 4 is 11.9 Å². The van der Waals surface area contributed by atoms with Gasteiger partial charge in [0.25, 0.3) is 0 Å². The van der Waals surface area contributed by atoms with Crippen LogP contribution in [0, 0.1) is 0 Å². The second-order valence-corrected chi connectivity index (χ2v) is 5.44. The van der Waals surface area contributed by atoms with Gasteiger partial charge in [-0.3, -0.25) is 9.59 Å². The summed E-state index contributed by atoms with van der Waals surface area (Å²) in [4.78, 5) is 22.4. The van der Waals surface area contributed by atoms with Gasteiger partial charge in [0.1, 0.15) is 0 Å². The summed E-state index contributed by atoms with van der Waals surface area (Å²) in [5.41, 5.74) is -0.876. The molecule has 18 heavy (non-hydrogen) atoms. The van der Waals surface area contributed by atoms with Gasteiger partial charge in [-0.1, -0.05) is 24.3 Å². The van der Waals surface area contributed by atoms with E-state index in [-0.39, 0.29) is 0 Å². The van der Waals surface area contributed by atoms with Crippen LogP contribution in [0.1, 0.15) is 38.8 Å². The van der Waals surface area contributed by atoms with Crippen molar-refractivity contribution in [3.8, 4) is 0 Å². The molecule has 0 fully saturated rings. The van der Waals surface area contributed by atoms with Gasteiger partial charge >= 0.3 is 11.9 Å². The van der Waals surface area contributed by atoms with Crippen LogP contribution in [-0.2, 0) is 20.4 Å². The van der Waals surface area contributed by atoms with Crippen LogP contribution in [0.25, 0.3) is 0 Å². The molecule has 0 spiro atoms. The highest BCUT2D eigenvalue weighted by molar-refractivity contribution is 5.82. The van der Waals surface area contributed by atoms with Crippen molar-refractivity contribution in [2.45, 2.75) is 38.5 Å². The highest BCUT2D eigenvalue weighted by Crippen LogP contribution is 2.29. The molecule has 0 aliphatic rings. The van der Waals surface area contributed by atoms with Gasteiger partial charge < -0.3 is 10.2 Å². The lowest BCUT2D eigenvalue weighted by Gasteiger charge is -2.24. The van der Waals surface area contributed by atoms with E-state index in [1.807, 2.05) is 0 Å². The molecular weight excluding hydrogens is 232 g/mol. The lowest BCUT2D eigenvalue weighted by molar-refractivity contribution is -0.143. The van der Waals surface area contributed by atoms with Gasteiger partial charge in [-0.2, -0.15) is 0 Å². The van der Waals surface area contributed by atoms with Crippen LogP contribution < -0.4 is 0 Å². The van der Waals surface area contributed by atoms with Gasteiger partial charge in [0.05, 0.1) is 10.8 Å². The van der Waals surface area contributed by atoms with Crippen LogP contribution >= 0.6 is 0 Å². The van der Waals surface area contributed by atoms with Crippen molar-refractivity contribution < 1.29 is 19.8 Å². The van der Waals surface area contributed by atoms with Crippen LogP contribution in [0.15, 0.2) is 24.3 Å². The molecule has 0 saturated carbocycles. The smallest absolute Gasteiger partial charge is 0.313 e. The molecule has 4 heteroatoms. The molecule has 0 saturated heterocycles. The molecule has 1 aromatic carbocycles. The SMILES string of the molecule is CC(C)(C(=O)O)c1cccc(C(C)(C)C(=O)O)c1. The second kappa shape index (κ2) is 4.44. The van der Waals surface area contributed by atoms with Crippen molar-refractivity contribution in [2.24, 2.45) is 0 Å². The topological polar surface area (TPSA) is 74.6 Å². The standard InChI is InChI=1S/C14H18O4/c1-13(2,11(15)16)9-6-5-7-10(8-9)14(3,4)12(17)18/h5-8H,1-4H3,(H,15,16)(H,17,18). The van der Waals surface area contributed by atoms with E-state index >= 15 is 0 Å². The van der Waals surface area contributed by atoms with Crippen molar-refractivity contribution in [1.29, 1.82) is 0 Å². The average molecular weight is 250 g/mol. The summed E-state index contributed by atoms with van der Waals surface area (Å²) in [5.74, 6) is -1.87. The highest BCUT2D eigenvalue weighted by atomic mass is 16.4. The summed E-state index contributed by atoms with van der Waals surface area (Å²) < 4.78 is 0. The van der Waals surface area contributed by atoms with E-state index in [0.717, 1.165) is 0 Å². The lowest BCUT2D eigenvalue weighted by atomic mass is 9.79. The Balaban J connectivity index is 3.31. The van der Waals surface area contributed by atoms with E-state index in [1.54, 1.807) is 52.0 Å². The van der Waals surface area contributed by atoms with Crippen LogP contribution in [-0.4, -0.2) is 22.2 Å². The molecule has 0 amide bonds. The van der Waals surface area contributed by atoms with Gasteiger partial charge in [0.15, 0.2) is 0 Å². The summed E-state index contributed by atoms with van der Waals surface area (Å²) in [6.45, 7) is 6.40. The Morgan fingerprint density at radius 2 is 1.22 bits per heavy atom. The molecule has 0 aliphatic heterocycles. The van der Waals surface area contributed by atoms with Crippen molar-refractivity contribution in [2.75, 3.05) is 0 Å². The number of benzene rings is 1. The zero-order valence-corrected chi connectivity index (χ0v) is 11.0. The van der Waals surface area contributed by atoms with E-state index in [4.69, 9.17) is 0 Å². The predicted molar refractivity (Wildman–Crippen MR) is 67.8 cm³/mol. The maximum atomic E-state index is 11.2. The number of carbonyl (C=O) groups is 2. The van der Waals surface area contributed by atoms with Gasteiger partial charge in [0, 0.05) is 0 Å². The molecule has 0 bridgehead atoms. The van der Waals surface area contributed by atoms with E-state index in [1.165, 1.54) is 0 Å². The monoisotopic (exact) mass is 250 g/mol. The predicted octanol–water partition coefficient (Wildman–Crippen LogP) is 2.41. The summed E-state index contributed by atoms with van der Waals surface area (Å²) in [6.07, 6.45) is 0. The number of carboxylic acids is 2. The summed E-state index contributed by atoms with van der Waals surface area (Å²) in [5, 5.41) is 18.4. The Hall–Kier alpha value is -1.84. The van der Waals surface area contributed by atoms with Gasteiger partial charge in [-0.15, -0.1) is 0 Å². The number of carboxylic acid groups (broad SMARTS) is 2. The fraction of sp³-hybridized carbons (Fsp3) is 0.429. The average Bonchev–Trinajstić information content (AvgIpc) is 2.28. The summed E-state index contributed by atoms with van der Waals surface area (Å²) >= 11 is 0. The first kappa shape index (κ1) is 14.2. The number of aliphatic carboxylic acids is 2. The molecule has 98 valence electrons. The fourth-order valence-electron chi connectivity index (χ4n) is 1.54. The minimum absolute atomic E-state index is 0.599. The number of rotatable bonds is 4. The highest BCUT2D eigenvalue weighted by Gasteiger charge is 2.33. The molecule has 1 rings (SSSR count). The number of hydrogen-bond acceptors (Lipinski definition) is 2. The summed E-state index contributed by atoms with van der Waals surface area (Å²) in [6, 6.07) is 6.76. The van der Waals surface area contributed by atoms with E-state index in [2.05, 4.69) is 0 Å². The zero-order valence-electron chi connectivity index (χ0n) is 11.0. The van der Waals surface area contributed by atoms with Crippen LogP contribution in [0.4, 0.5) is 0 Å². The van der Waals surface area contributed by atoms with Gasteiger partial charge in [-0.05, 0) is 38.8 Å². The molecule has 0 atom stereocenters. The normalized spacial score (nSPS) is 12.2. The maximum Gasteiger partial charge on any atom is 0.313 e. The third kappa shape index (κ3) is 2.37. The molecule has 2 N–H and O–H groups in total. The zero-order chi connectivity index (χ0) is 14.1. The lowest BCUT2D eigenvalue weighted by Crippen LogP contribution is -2.31. The molecule has 4 nitrogen and oxygen atoms in total. The third-order valence-electron chi connectivity index (χ3n) is 3.38. The summed E-state index contributed by atoms with van der Waals surface area (Å²) in [7, 11) is 0. The van der Waals surface area contributed by atoms with Gasteiger partial charge in [-0.25, -0.2) is 0 Å². The molecule has 0 unspecified atom stereocenters. The van der Waals surface area contributed by atoms with Crippen LogP contribution in [0.2, 0.25) is 0 Å². The van der Waals surface area contributed by atoms with E-state index in [0.29, 0.717) is 11.1 Å². The number of hydrogen-bond donors (Lipinski definition) is 2. The fourth-order valence-corrected chi connectivity index (χ4v) is 1.54. The molecule has 1 aromatic rings.